The molecule has 2 fully saturated rings. The molecule has 0 bridgehead atoms. The van der Waals surface area contributed by atoms with Crippen molar-refractivity contribution >= 4 is 5.91 Å². The Morgan fingerprint density at radius 2 is 1.79 bits per heavy atom. The second-order valence-electron chi connectivity index (χ2n) is 7.78. The summed E-state index contributed by atoms with van der Waals surface area (Å²) in [6.07, 6.45) is 4.60. The summed E-state index contributed by atoms with van der Waals surface area (Å²) in [6.45, 7) is 6.79. The average Bonchev–Trinajstić information content (AvgIpc) is 2.74. The van der Waals surface area contributed by atoms with E-state index < -0.39 is 0 Å². The van der Waals surface area contributed by atoms with Crippen molar-refractivity contribution in [2.24, 2.45) is 5.92 Å². The molecule has 2 saturated heterocycles. The van der Waals surface area contributed by atoms with Crippen LogP contribution in [0.15, 0.2) is 18.2 Å². The summed E-state index contributed by atoms with van der Waals surface area (Å²) in [5.41, 5.74) is 1.18. The number of ether oxygens (including phenoxy) is 3. The number of piperidine rings is 1. The number of benzene rings is 1. The Labute approximate surface area is 168 Å². The fourth-order valence-electron chi connectivity index (χ4n) is 4.15. The predicted octanol–water partition coefficient (Wildman–Crippen LogP) is 2.60. The molecule has 0 radical (unpaired) electrons. The van der Waals surface area contributed by atoms with Gasteiger partial charge in [-0.25, -0.2) is 0 Å². The molecular weight excluding hydrogens is 356 g/mol. The highest BCUT2D eigenvalue weighted by atomic mass is 16.5. The minimum Gasteiger partial charge on any atom is -0.493 e. The van der Waals surface area contributed by atoms with Gasteiger partial charge in [-0.3, -0.25) is 9.69 Å². The Kier molecular flexibility index (Phi) is 7.98. The van der Waals surface area contributed by atoms with E-state index in [1.54, 1.807) is 14.2 Å². The van der Waals surface area contributed by atoms with Crippen LogP contribution >= 0.6 is 0 Å². The lowest BCUT2D eigenvalue weighted by molar-refractivity contribution is -0.132. The number of morpholine rings is 1. The number of rotatable bonds is 8. The third-order valence-electron chi connectivity index (χ3n) is 5.89. The summed E-state index contributed by atoms with van der Waals surface area (Å²) in [6, 6.07) is 5.97. The molecule has 0 unspecified atom stereocenters. The lowest BCUT2D eigenvalue weighted by atomic mass is 9.95. The first-order valence-electron chi connectivity index (χ1n) is 10.5. The van der Waals surface area contributed by atoms with E-state index in [4.69, 9.17) is 14.2 Å². The molecule has 1 amide bonds. The van der Waals surface area contributed by atoms with E-state index in [0.717, 1.165) is 83.1 Å². The molecule has 1 aromatic rings. The van der Waals surface area contributed by atoms with Gasteiger partial charge in [-0.15, -0.1) is 0 Å². The van der Waals surface area contributed by atoms with Crippen LogP contribution in [0.3, 0.4) is 0 Å². The summed E-state index contributed by atoms with van der Waals surface area (Å²) in [5.74, 6) is 2.50. The highest BCUT2D eigenvalue weighted by molar-refractivity contribution is 5.76. The predicted molar refractivity (Wildman–Crippen MR) is 109 cm³/mol. The van der Waals surface area contributed by atoms with Crippen LogP contribution in [0.25, 0.3) is 0 Å². The number of amides is 1. The Hall–Kier alpha value is -1.79. The zero-order valence-corrected chi connectivity index (χ0v) is 17.3. The Bertz CT molecular complexity index is 623. The summed E-state index contributed by atoms with van der Waals surface area (Å²) in [7, 11) is 3.29. The molecule has 3 rings (SSSR count). The molecule has 2 aliphatic rings. The first kappa shape index (κ1) is 20.9. The number of nitrogens with zero attached hydrogens (tertiary/aromatic N) is 2. The topological polar surface area (TPSA) is 51.2 Å². The maximum Gasteiger partial charge on any atom is 0.222 e. The van der Waals surface area contributed by atoms with E-state index >= 15 is 0 Å². The van der Waals surface area contributed by atoms with Crippen LogP contribution in [0.4, 0.5) is 0 Å². The Morgan fingerprint density at radius 3 is 2.46 bits per heavy atom. The number of carbonyl (C=O) groups is 1. The number of hydrogen-bond acceptors (Lipinski definition) is 5. The molecule has 2 aliphatic heterocycles. The maximum atomic E-state index is 12.6. The minimum atomic E-state index is 0.297. The van der Waals surface area contributed by atoms with E-state index in [2.05, 4.69) is 9.80 Å². The molecule has 6 heteroatoms. The van der Waals surface area contributed by atoms with E-state index in [1.807, 2.05) is 18.2 Å². The average molecular weight is 391 g/mol. The molecule has 0 aromatic heterocycles. The maximum absolute atomic E-state index is 12.6. The monoisotopic (exact) mass is 390 g/mol. The van der Waals surface area contributed by atoms with Crippen molar-refractivity contribution in [2.45, 2.75) is 32.1 Å². The normalized spacial score (nSPS) is 18.9. The molecule has 156 valence electrons. The first-order valence-corrected chi connectivity index (χ1v) is 10.5. The van der Waals surface area contributed by atoms with Gasteiger partial charge in [-0.05, 0) is 49.3 Å². The van der Waals surface area contributed by atoms with Gasteiger partial charge in [0.1, 0.15) is 0 Å². The van der Waals surface area contributed by atoms with Crippen molar-refractivity contribution in [2.75, 3.05) is 60.2 Å². The van der Waals surface area contributed by atoms with Gasteiger partial charge in [0.05, 0.1) is 27.4 Å². The van der Waals surface area contributed by atoms with Crippen LogP contribution in [-0.4, -0.2) is 75.9 Å². The molecular formula is C22H34N2O4. The standard InChI is InChI=1S/C22H34N2O4/c1-26-20-7-6-18(16-21(20)27-2)4-3-5-22(25)24-10-8-19(9-11-24)17-23-12-14-28-15-13-23/h6-7,16,19H,3-5,8-15,17H2,1-2H3. The number of aryl methyl sites for hydroxylation is 1. The van der Waals surface area contributed by atoms with Gasteiger partial charge in [0, 0.05) is 39.1 Å². The van der Waals surface area contributed by atoms with Gasteiger partial charge in [0.2, 0.25) is 5.91 Å². The van der Waals surface area contributed by atoms with Crippen molar-refractivity contribution < 1.29 is 19.0 Å². The number of likely N-dealkylation sites (tertiary alicyclic amines) is 1. The molecule has 6 nitrogen and oxygen atoms in total. The lowest BCUT2D eigenvalue weighted by Crippen LogP contribution is -2.44. The highest BCUT2D eigenvalue weighted by Gasteiger charge is 2.24. The van der Waals surface area contributed by atoms with Gasteiger partial charge in [0.15, 0.2) is 11.5 Å². The molecule has 1 aromatic carbocycles. The summed E-state index contributed by atoms with van der Waals surface area (Å²) in [4.78, 5) is 17.1. The lowest BCUT2D eigenvalue weighted by Gasteiger charge is -2.36. The van der Waals surface area contributed by atoms with Gasteiger partial charge < -0.3 is 19.1 Å². The molecule has 2 heterocycles. The Balaban J connectivity index is 1.36. The summed E-state index contributed by atoms with van der Waals surface area (Å²) >= 11 is 0. The molecule has 0 spiro atoms. The van der Waals surface area contributed by atoms with E-state index in [1.165, 1.54) is 5.56 Å². The van der Waals surface area contributed by atoms with Gasteiger partial charge in [-0.2, -0.15) is 0 Å². The SMILES string of the molecule is COc1ccc(CCCC(=O)N2CCC(CN3CCOCC3)CC2)cc1OC. The van der Waals surface area contributed by atoms with Gasteiger partial charge >= 0.3 is 0 Å². The van der Waals surface area contributed by atoms with Crippen molar-refractivity contribution in [3.05, 3.63) is 23.8 Å². The summed E-state index contributed by atoms with van der Waals surface area (Å²) < 4.78 is 16.1. The van der Waals surface area contributed by atoms with Crippen LogP contribution in [0.1, 0.15) is 31.2 Å². The molecule has 0 N–H and O–H groups in total. The van der Waals surface area contributed by atoms with E-state index in [-0.39, 0.29) is 0 Å². The smallest absolute Gasteiger partial charge is 0.222 e. The number of methoxy groups -OCH3 is 2. The van der Waals surface area contributed by atoms with Crippen molar-refractivity contribution in [1.29, 1.82) is 0 Å². The second kappa shape index (κ2) is 10.7. The first-order chi connectivity index (χ1) is 13.7. The van der Waals surface area contributed by atoms with Crippen LogP contribution in [0.2, 0.25) is 0 Å². The molecule has 0 aliphatic carbocycles. The van der Waals surface area contributed by atoms with Crippen LogP contribution in [0.5, 0.6) is 11.5 Å². The minimum absolute atomic E-state index is 0.297. The largest absolute Gasteiger partial charge is 0.493 e. The quantitative estimate of drug-likeness (QED) is 0.683. The van der Waals surface area contributed by atoms with E-state index in [0.29, 0.717) is 18.2 Å². The zero-order chi connectivity index (χ0) is 19.8. The summed E-state index contributed by atoms with van der Waals surface area (Å²) in [5, 5.41) is 0. The zero-order valence-electron chi connectivity index (χ0n) is 17.3. The fourth-order valence-corrected chi connectivity index (χ4v) is 4.15. The van der Waals surface area contributed by atoms with Gasteiger partial charge in [0.25, 0.3) is 0 Å². The highest BCUT2D eigenvalue weighted by Crippen LogP contribution is 2.28. The van der Waals surface area contributed by atoms with Crippen molar-refractivity contribution in [3.63, 3.8) is 0 Å². The van der Waals surface area contributed by atoms with E-state index in [9.17, 15) is 4.79 Å². The van der Waals surface area contributed by atoms with Crippen LogP contribution in [-0.2, 0) is 16.0 Å². The third-order valence-corrected chi connectivity index (χ3v) is 5.89. The Morgan fingerprint density at radius 1 is 1.07 bits per heavy atom. The van der Waals surface area contributed by atoms with Crippen molar-refractivity contribution in [1.82, 2.24) is 9.80 Å². The molecule has 28 heavy (non-hydrogen) atoms. The molecule has 0 atom stereocenters. The van der Waals surface area contributed by atoms with Gasteiger partial charge in [-0.1, -0.05) is 6.07 Å². The van der Waals surface area contributed by atoms with Crippen LogP contribution < -0.4 is 9.47 Å². The number of hydrogen-bond donors (Lipinski definition) is 0. The fraction of sp³-hybridized carbons (Fsp3) is 0.682. The van der Waals surface area contributed by atoms with Crippen LogP contribution in [0, 0.1) is 5.92 Å². The van der Waals surface area contributed by atoms with Crippen molar-refractivity contribution in [3.8, 4) is 11.5 Å². The third kappa shape index (κ3) is 5.85. The second-order valence-corrected chi connectivity index (χ2v) is 7.78. The number of carbonyl (C=O) groups excluding carboxylic acids is 1. The molecule has 0 saturated carbocycles.